The summed E-state index contributed by atoms with van der Waals surface area (Å²) in [6.45, 7) is -0.289. The maximum Gasteiger partial charge on any atom is 0.331 e. The highest BCUT2D eigenvalue weighted by Gasteiger charge is 2.25. The number of aromatic nitrogens is 2. The first-order chi connectivity index (χ1) is 17.3. The molecule has 8 nitrogen and oxygen atoms in total. The van der Waals surface area contributed by atoms with Crippen LogP contribution in [0.3, 0.4) is 0 Å². The molecule has 2 fully saturated rings. The van der Waals surface area contributed by atoms with E-state index in [1.165, 1.54) is 29.1 Å². The number of hydrogen-bond donors (Lipinski definition) is 2. The summed E-state index contributed by atoms with van der Waals surface area (Å²) in [5.41, 5.74) is -0.233. The van der Waals surface area contributed by atoms with E-state index in [1.54, 1.807) is 16.9 Å². The second-order valence-corrected chi connectivity index (χ2v) is 11.1. The fourth-order valence-electron chi connectivity index (χ4n) is 5.44. The molecule has 2 aliphatic carbocycles. The number of carboxylic acids is 1. The van der Waals surface area contributed by atoms with Crippen LogP contribution in [0.25, 0.3) is 10.9 Å². The Hall–Kier alpha value is -2.40. The van der Waals surface area contributed by atoms with Crippen molar-refractivity contribution < 1.29 is 14.3 Å². The van der Waals surface area contributed by atoms with E-state index < -0.39 is 23.0 Å². The van der Waals surface area contributed by atoms with Crippen LogP contribution in [0.15, 0.2) is 21.7 Å². The highest BCUT2D eigenvalue weighted by Crippen LogP contribution is 2.32. The topological polar surface area (TPSA) is 96.6 Å². The number of nitrogens with zero attached hydrogens (tertiary/aromatic N) is 3. The highest BCUT2D eigenvalue weighted by atomic mass is 32.2. The number of thioether (sulfide) groups is 1. The number of halogens is 1. The van der Waals surface area contributed by atoms with E-state index in [2.05, 4.69) is 5.32 Å². The molecule has 1 heterocycles. The number of aliphatic carboxylic acids is 1. The van der Waals surface area contributed by atoms with Gasteiger partial charge in [-0.3, -0.25) is 18.7 Å². The maximum absolute atomic E-state index is 15.2. The largest absolute Gasteiger partial charge is 0.480 e. The lowest BCUT2D eigenvalue weighted by Crippen LogP contribution is -2.44. The molecule has 0 unspecified atom stereocenters. The quantitative estimate of drug-likeness (QED) is 0.485. The van der Waals surface area contributed by atoms with Crippen LogP contribution in [0.1, 0.15) is 63.8 Å². The van der Waals surface area contributed by atoms with Crippen molar-refractivity contribution in [1.82, 2.24) is 14.0 Å². The van der Waals surface area contributed by atoms with Gasteiger partial charge in [0.15, 0.2) is 0 Å². The molecule has 0 atom stereocenters. The molecule has 1 aromatic carbocycles. The van der Waals surface area contributed by atoms with Crippen LogP contribution in [0.4, 0.5) is 10.1 Å². The van der Waals surface area contributed by atoms with Crippen LogP contribution in [0.5, 0.6) is 0 Å². The summed E-state index contributed by atoms with van der Waals surface area (Å²) >= 11 is 6.49. The number of anilines is 1. The Kier molecular flexibility index (Phi) is 8.71. The zero-order valence-corrected chi connectivity index (χ0v) is 22.1. The van der Waals surface area contributed by atoms with E-state index in [0.29, 0.717) is 15.5 Å². The van der Waals surface area contributed by atoms with E-state index in [1.807, 2.05) is 0 Å². The van der Waals surface area contributed by atoms with Crippen LogP contribution in [-0.2, 0) is 11.3 Å². The molecular weight excluding hydrogens is 503 g/mol. The van der Waals surface area contributed by atoms with E-state index in [-0.39, 0.29) is 37.1 Å². The number of thiocarbonyl (C=S) groups is 1. The summed E-state index contributed by atoms with van der Waals surface area (Å²) in [7, 11) is 0. The van der Waals surface area contributed by atoms with Crippen molar-refractivity contribution in [2.75, 3.05) is 24.7 Å². The van der Waals surface area contributed by atoms with Gasteiger partial charge in [0.1, 0.15) is 16.7 Å². The molecule has 1 aromatic heterocycles. The lowest BCUT2D eigenvalue weighted by Gasteiger charge is -2.25. The second-order valence-electron chi connectivity index (χ2n) is 9.66. The van der Waals surface area contributed by atoms with Crippen LogP contribution in [-0.4, -0.2) is 54.8 Å². The molecule has 0 radical (unpaired) electrons. The zero-order chi connectivity index (χ0) is 25.8. The third kappa shape index (κ3) is 5.77. The smallest absolute Gasteiger partial charge is 0.331 e. The average Bonchev–Trinajstić information content (AvgIpc) is 3.39. The third-order valence-electron chi connectivity index (χ3n) is 7.26. The molecule has 0 bridgehead atoms. The van der Waals surface area contributed by atoms with Gasteiger partial charge in [-0.05, 0) is 44.1 Å². The van der Waals surface area contributed by atoms with Crippen LogP contribution in [0, 0.1) is 5.82 Å². The van der Waals surface area contributed by atoms with Gasteiger partial charge in [-0.1, -0.05) is 44.3 Å². The highest BCUT2D eigenvalue weighted by molar-refractivity contribution is 8.22. The van der Waals surface area contributed by atoms with Gasteiger partial charge < -0.3 is 15.3 Å². The van der Waals surface area contributed by atoms with Crippen molar-refractivity contribution >= 4 is 50.9 Å². The Labute approximate surface area is 218 Å². The van der Waals surface area contributed by atoms with Gasteiger partial charge in [-0.25, -0.2) is 9.18 Å². The number of hydrogen-bond acceptors (Lipinski definition) is 6. The third-order valence-corrected chi connectivity index (χ3v) is 8.63. The van der Waals surface area contributed by atoms with Crippen molar-refractivity contribution in [3.8, 4) is 0 Å². The first-order valence-corrected chi connectivity index (χ1v) is 14.2. The molecule has 11 heteroatoms. The fourth-order valence-corrected chi connectivity index (χ4v) is 6.01. The lowest BCUT2D eigenvalue weighted by atomic mass is 9.95. The second kappa shape index (κ2) is 11.8. The van der Waals surface area contributed by atoms with Gasteiger partial charge in [0.25, 0.3) is 5.56 Å². The van der Waals surface area contributed by atoms with Crippen molar-refractivity contribution in [3.05, 3.63) is 38.8 Å². The minimum Gasteiger partial charge on any atom is -0.480 e. The summed E-state index contributed by atoms with van der Waals surface area (Å²) in [5, 5.41) is 12.7. The van der Waals surface area contributed by atoms with Crippen molar-refractivity contribution in [2.45, 2.75) is 76.4 Å². The molecule has 2 N–H and O–H groups in total. The molecule has 2 saturated carbocycles. The lowest BCUT2D eigenvalue weighted by molar-refractivity contribution is -0.137. The first kappa shape index (κ1) is 26.7. The summed E-state index contributed by atoms with van der Waals surface area (Å²) in [4.78, 5) is 39.9. The average molecular weight is 537 g/mol. The van der Waals surface area contributed by atoms with Gasteiger partial charge in [0, 0.05) is 25.2 Å². The summed E-state index contributed by atoms with van der Waals surface area (Å²) < 4.78 is 18.3. The predicted octanol–water partition coefficient (Wildman–Crippen LogP) is 4.20. The van der Waals surface area contributed by atoms with E-state index >= 15 is 4.39 Å². The minimum atomic E-state index is -1.05. The molecule has 196 valence electrons. The Morgan fingerprint density at radius 1 is 1.17 bits per heavy atom. The van der Waals surface area contributed by atoms with Crippen molar-refractivity contribution in [1.29, 1.82) is 0 Å². The van der Waals surface area contributed by atoms with Crippen LogP contribution < -0.4 is 16.6 Å². The molecule has 2 aromatic rings. The number of rotatable bonds is 8. The Morgan fingerprint density at radius 2 is 1.83 bits per heavy atom. The van der Waals surface area contributed by atoms with Crippen LogP contribution >= 0.6 is 24.0 Å². The monoisotopic (exact) mass is 536 g/mol. The summed E-state index contributed by atoms with van der Waals surface area (Å²) in [5.74, 6) is -1.56. The Morgan fingerprint density at radius 3 is 2.47 bits per heavy atom. The molecule has 36 heavy (non-hydrogen) atoms. The number of fused-ring (bicyclic) bond motifs is 1. The normalized spacial score (nSPS) is 16.9. The fraction of sp³-hybridized carbons (Fsp3) is 0.600. The van der Waals surface area contributed by atoms with Gasteiger partial charge >= 0.3 is 11.7 Å². The zero-order valence-electron chi connectivity index (χ0n) is 20.5. The van der Waals surface area contributed by atoms with E-state index in [0.717, 1.165) is 55.9 Å². The SMILES string of the molecule is CSC(=S)N(CCn1c(=O)c2cc(F)c(NC3CCCCC3)cc2n(C2CCCC2)c1=O)CC(=O)O. The Balaban J connectivity index is 1.77. The van der Waals surface area contributed by atoms with Gasteiger partial charge in [0.2, 0.25) is 0 Å². The predicted molar refractivity (Wildman–Crippen MR) is 146 cm³/mol. The van der Waals surface area contributed by atoms with Crippen molar-refractivity contribution in [2.24, 2.45) is 0 Å². The molecule has 0 spiro atoms. The summed E-state index contributed by atoms with van der Waals surface area (Å²) in [6.07, 6.45) is 10.7. The van der Waals surface area contributed by atoms with Crippen molar-refractivity contribution in [3.63, 3.8) is 0 Å². The molecule has 0 aliphatic heterocycles. The molecule has 2 aliphatic rings. The first-order valence-electron chi connectivity index (χ1n) is 12.6. The van der Waals surface area contributed by atoms with Gasteiger partial charge in [0.05, 0.1) is 16.6 Å². The Bertz CT molecular complexity index is 1250. The van der Waals surface area contributed by atoms with E-state index in [4.69, 9.17) is 12.2 Å². The number of carboxylic acid groups (broad SMARTS) is 1. The molecule has 4 rings (SSSR count). The number of benzene rings is 1. The standard InChI is InChI=1S/C25H33FN4O4S2/c1-36-25(35)28(15-22(31)32)11-12-29-23(33)18-13-19(26)20(27-16-7-3-2-4-8-16)14-21(18)30(24(29)34)17-9-5-6-10-17/h13-14,16-17,27H,2-12,15H2,1H3,(H,31,32). The summed E-state index contributed by atoms with van der Waals surface area (Å²) in [6, 6.07) is 2.98. The van der Waals surface area contributed by atoms with Gasteiger partial charge in [-0.15, -0.1) is 11.8 Å². The maximum atomic E-state index is 15.2. The minimum absolute atomic E-state index is 0.0436. The van der Waals surface area contributed by atoms with Gasteiger partial charge in [-0.2, -0.15) is 0 Å². The number of nitrogens with one attached hydrogen (secondary N) is 1. The van der Waals surface area contributed by atoms with E-state index in [9.17, 15) is 19.5 Å². The molecule has 0 amide bonds. The van der Waals surface area contributed by atoms with Crippen LogP contribution in [0.2, 0.25) is 0 Å². The molecule has 0 saturated heterocycles. The molecular formula is C25H33FN4O4S2. The number of carbonyl (C=O) groups is 1.